The van der Waals surface area contributed by atoms with Gasteiger partial charge >= 0.3 is 0 Å². The van der Waals surface area contributed by atoms with Crippen molar-refractivity contribution in [1.82, 2.24) is 0 Å². The van der Waals surface area contributed by atoms with Gasteiger partial charge in [0.05, 0.1) is 0 Å². The van der Waals surface area contributed by atoms with Crippen molar-refractivity contribution in [2.75, 3.05) is 6.26 Å². The molecule has 2 aromatic rings. The Bertz CT molecular complexity index is 540. The lowest BCUT2D eigenvalue weighted by Gasteiger charge is -2.14. The van der Waals surface area contributed by atoms with Gasteiger partial charge in [0.2, 0.25) is 0 Å². The van der Waals surface area contributed by atoms with Crippen LogP contribution in [0.5, 0.6) is 0 Å². The molecule has 2 aromatic carbocycles. The lowest BCUT2D eigenvalue weighted by molar-refractivity contribution is 0.754. The summed E-state index contributed by atoms with van der Waals surface area (Å²) in [6, 6.07) is 18.0. The van der Waals surface area contributed by atoms with E-state index in [1.54, 1.807) is 11.8 Å². The largest absolute Gasteiger partial charge is 0.130 e. The minimum Gasteiger partial charge on any atom is -0.130 e. The van der Waals surface area contributed by atoms with Gasteiger partial charge in [-0.15, -0.1) is 11.8 Å². The third-order valence-electron chi connectivity index (χ3n) is 3.84. The molecule has 1 heteroatoms. The highest BCUT2D eigenvalue weighted by Gasteiger charge is 2.08. The quantitative estimate of drug-likeness (QED) is 0.618. The predicted molar refractivity (Wildman–Crippen MR) is 90.9 cm³/mol. The van der Waals surface area contributed by atoms with Crippen molar-refractivity contribution < 1.29 is 0 Å². The van der Waals surface area contributed by atoms with Crippen molar-refractivity contribution in [2.45, 2.75) is 43.9 Å². The van der Waals surface area contributed by atoms with E-state index in [2.05, 4.69) is 75.6 Å². The summed E-state index contributed by atoms with van der Waals surface area (Å²) in [5.74, 6) is 1.17. The summed E-state index contributed by atoms with van der Waals surface area (Å²) in [4.78, 5) is 1.34. The Balaban J connectivity index is 2.10. The molecule has 20 heavy (non-hydrogen) atoms. The van der Waals surface area contributed by atoms with E-state index in [9.17, 15) is 0 Å². The first-order chi connectivity index (χ1) is 9.60. The Hall–Kier alpha value is -1.21. The molecule has 0 heterocycles. The summed E-state index contributed by atoms with van der Waals surface area (Å²) in [6.45, 7) is 6.82. The summed E-state index contributed by atoms with van der Waals surface area (Å²) in [5, 5.41) is 0. The van der Waals surface area contributed by atoms with Gasteiger partial charge < -0.3 is 0 Å². The van der Waals surface area contributed by atoms with Gasteiger partial charge in [0.1, 0.15) is 0 Å². The van der Waals surface area contributed by atoms with Crippen molar-refractivity contribution in [2.24, 2.45) is 0 Å². The highest BCUT2D eigenvalue weighted by molar-refractivity contribution is 7.98. The van der Waals surface area contributed by atoms with Crippen LogP contribution < -0.4 is 0 Å². The summed E-state index contributed by atoms with van der Waals surface area (Å²) < 4.78 is 0. The number of hydrogen-bond donors (Lipinski definition) is 0. The molecular weight excluding hydrogens is 260 g/mol. The minimum absolute atomic E-state index is 0.563. The average molecular weight is 284 g/mol. The van der Waals surface area contributed by atoms with Crippen LogP contribution in [0.2, 0.25) is 0 Å². The molecule has 0 N–H and O–H groups in total. The summed E-state index contributed by atoms with van der Waals surface area (Å²) in [7, 11) is 0. The van der Waals surface area contributed by atoms with E-state index in [1.165, 1.54) is 21.6 Å². The van der Waals surface area contributed by atoms with E-state index in [0.717, 1.165) is 6.42 Å². The molecule has 1 unspecified atom stereocenters. The molecule has 0 aliphatic rings. The van der Waals surface area contributed by atoms with Gasteiger partial charge in [0.25, 0.3) is 0 Å². The third kappa shape index (κ3) is 3.89. The molecular formula is C19H24S. The fourth-order valence-electron chi connectivity index (χ4n) is 2.48. The molecule has 0 nitrogen and oxygen atoms in total. The number of benzene rings is 2. The SMILES string of the molecule is CSc1ccc(C(C)Cc2cccc(C(C)C)c2)cc1. The molecule has 2 rings (SSSR count). The predicted octanol–water partition coefficient (Wildman–Crippen LogP) is 5.88. The zero-order valence-electron chi connectivity index (χ0n) is 12.9. The monoisotopic (exact) mass is 284 g/mol. The topological polar surface area (TPSA) is 0 Å². The molecule has 0 saturated carbocycles. The molecule has 0 aliphatic carbocycles. The Labute approximate surface area is 127 Å². The smallest absolute Gasteiger partial charge is 0.00693 e. The minimum atomic E-state index is 0.563. The second-order valence-corrected chi connectivity index (χ2v) is 6.66. The van der Waals surface area contributed by atoms with Crippen molar-refractivity contribution in [3.05, 3.63) is 65.2 Å². The number of thioether (sulfide) groups is 1. The molecule has 0 spiro atoms. The van der Waals surface area contributed by atoms with E-state index in [-0.39, 0.29) is 0 Å². The lowest BCUT2D eigenvalue weighted by atomic mass is 9.92. The van der Waals surface area contributed by atoms with Crippen LogP contribution in [0.1, 0.15) is 49.3 Å². The Kier molecular flexibility index (Phi) is 5.31. The maximum atomic E-state index is 2.36. The zero-order chi connectivity index (χ0) is 14.5. The first-order valence-electron chi connectivity index (χ1n) is 7.33. The van der Waals surface area contributed by atoms with E-state index in [0.29, 0.717) is 11.8 Å². The van der Waals surface area contributed by atoms with Gasteiger partial charge in [-0.1, -0.05) is 57.2 Å². The Morgan fingerprint density at radius 1 is 0.900 bits per heavy atom. The fraction of sp³-hybridized carbons (Fsp3) is 0.368. The standard InChI is InChI=1S/C19H24S/c1-14(2)18-7-5-6-16(13-18)12-15(3)17-8-10-19(20-4)11-9-17/h5-11,13-15H,12H2,1-4H3. The molecule has 0 radical (unpaired) electrons. The molecule has 1 atom stereocenters. The first kappa shape index (κ1) is 15.2. The molecule has 0 saturated heterocycles. The number of rotatable bonds is 5. The van der Waals surface area contributed by atoms with E-state index in [4.69, 9.17) is 0 Å². The average Bonchev–Trinajstić information content (AvgIpc) is 2.47. The van der Waals surface area contributed by atoms with Crippen molar-refractivity contribution in [3.8, 4) is 0 Å². The van der Waals surface area contributed by atoms with Crippen LogP contribution in [-0.4, -0.2) is 6.26 Å². The third-order valence-corrected chi connectivity index (χ3v) is 4.59. The lowest BCUT2D eigenvalue weighted by Crippen LogP contribution is -1.99. The van der Waals surface area contributed by atoms with Gasteiger partial charge in [-0.05, 0) is 53.3 Å². The van der Waals surface area contributed by atoms with E-state index < -0.39 is 0 Å². The highest BCUT2D eigenvalue weighted by atomic mass is 32.2. The zero-order valence-corrected chi connectivity index (χ0v) is 13.7. The molecule has 106 valence electrons. The van der Waals surface area contributed by atoms with Crippen LogP contribution in [0.15, 0.2) is 53.4 Å². The summed E-state index contributed by atoms with van der Waals surface area (Å²) in [6.07, 6.45) is 3.23. The van der Waals surface area contributed by atoms with Crippen molar-refractivity contribution in [1.29, 1.82) is 0 Å². The van der Waals surface area contributed by atoms with Gasteiger partial charge in [-0.25, -0.2) is 0 Å². The molecule has 0 aliphatic heterocycles. The second kappa shape index (κ2) is 6.99. The molecule has 0 amide bonds. The Morgan fingerprint density at radius 3 is 2.20 bits per heavy atom. The molecule has 0 fully saturated rings. The summed E-state index contributed by atoms with van der Waals surface area (Å²) in [5.41, 5.74) is 4.31. The first-order valence-corrected chi connectivity index (χ1v) is 8.55. The van der Waals surface area contributed by atoms with Crippen LogP contribution in [0.25, 0.3) is 0 Å². The molecule has 0 bridgehead atoms. The Morgan fingerprint density at radius 2 is 1.60 bits per heavy atom. The summed E-state index contributed by atoms with van der Waals surface area (Å²) >= 11 is 1.80. The van der Waals surface area contributed by atoms with Crippen molar-refractivity contribution >= 4 is 11.8 Å². The van der Waals surface area contributed by atoms with E-state index in [1.807, 2.05) is 0 Å². The van der Waals surface area contributed by atoms with Crippen LogP contribution in [-0.2, 0) is 6.42 Å². The maximum absolute atomic E-state index is 2.36. The van der Waals surface area contributed by atoms with Crippen LogP contribution >= 0.6 is 11.8 Å². The van der Waals surface area contributed by atoms with Gasteiger partial charge in [-0.2, -0.15) is 0 Å². The van der Waals surface area contributed by atoms with Crippen molar-refractivity contribution in [3.63, 3.8) is 0 Å². The maximum Gasteiger partial charge on any atom is 0.00693 e. The van der Waals surface area contributed by atoms with Crippen LogP contribution in [0, 0.1) is 0 Å². The number of hydrogen-bond acceptors (Lipinski definition) is 1. The normalized spacial score (nSPS) is 12.7. The van der Waals surface area contributed by atoms with Gasteiger partial charge in [-0.3, -0.25) is 0 Å². The van der Waals surface area contributed by atoms with E-state index >= 15 is 0 Å². The second-order valence-electron chi connectivity index (χ2n) is 5.78. The van der Waals surface area contributed by atoms with Gasteiger partial charge in [0, 0.05) is 4.90 Å². The fourth-order valence-corrected chi connectivity index (χ4v) is 2.89. The van der Waals surface area contributed by atoms with Crippen LogP contribution in [0.4, 0.5) is 0 Å². The molecule has 0 aromatic heterocycles. The van der Waals surface area contributed by atoms with Gasteiger partial charge in [0.15, 0.2) is 0 Å². The van der Waals surface area contributed by atoms with Crippen LogP contribution in [0.3, 0.4) is 0 Å². The highest BCUT2D eigenvalue weighted by Crippen LogP contribution is 2.24.